The molecule has 0 saturated heterocycles. The molecule has 1 aliphatic heterocycles. The summed E-state index contributed by atoms with van der Waals surface area (Å²) < 4.78 is 0.506. The lowest BCUT2D eigenvalue weighted by Crippen LogP contribution is -2.39. The molecule has 0 bridgehead atoms. The second-order valence-corrected chi connectivity index (χ2v) is 7.40. The largest absolute Gasteiger partial charge is 0.399 e. The number of anilines is 1. The van der Waals surface area contributed by atoms with Gasteiger partial charge in [0.2, 0.25) is 0 Å². The van der Waals surface area contributed by atoms with Crippen LogP contribution in [-0.2, 0) is 13.1 Å². The highest BCUT2D eigenvalue weighted by Gasteiger charge is 2.34. The van der Waals surface area contributed by atoms with E-state index in [2.05, 4.69) is 35.1 Å². The van der Waals surface area contributed by atoms with Crippen LogP contribution in [0.3, 0.4) is 0 Å². The molecule has 0 amide bonds. The van der Waals surface area contributed by atoms with Gasteiger partial charge in [-0.3, -0.25) is 4.90 Å². The van der Waals surface area contributed by atoms with E-state index in [1.165, 1.54) is 49.8 Å². The predicted octanol–water partition coefficient (Wildman–Crippen LogP) is 3.65. The molecule has 1 fully saturated rings. The first-order valence-corrected chi connectivity index (χ1v) is 8.58. The number of nitrogen functional groups attached to an aromatic ring is 1. The Balaban J connectivity index is 1.69. The van der Waals surface area contributed by atoms with E-state index in [0.29, 0.717) is 4.75 Å². The summed E-state index contributed by atoms with van der Waals surface area (Å²) in [5, 5.41) is 0. The first kappa shape index (κ1) is 13.3. The molecule has 0 atom stereocenters. The summed E-state index contributed by atoms with van der Waals surface area (Å²) in [7, 11) is 0. The topological polar surface area (TPSA) is 29.3 Å². The van der Waals surface area contributed by atoms with Crippen LogP contribution < -0.4 is 5.73 Å². The second kappa shape index (κ2) is 5.37. The molecule has 2 N–H and O–H groups in total. The van der Waals surface area contributed by atoms with Crippen LogP contribution in [0.2, 0.25) is 0 Å². The molecule has 0 radical (unpaired) electrons. The van der Waals surface area contributed by atoms with E-state index in [9.17, 15) is 0 Å². The summed E-state index contributed by atoms with van der Waals surface area (Å²) in [6.07, 6.45) is 9.33. The van der Waals surface area contributed by atoms with Crippen LogP contribution in [0, 0.1) is 0 Å². The first-order chi connectivity index (χ1) is 9.21. The van der Waals surface area contributed by atoms with Gasteiger partial charge in [0.05, 0.1) is 0 Å². The Morgan fingerprint density at radius 1 is 1.16 bits per heavy atom. The van der Waals surface area contributed by atoms with E-state index in [-0.39, 0.29) is 0 Å². The van der Waals surface area contributed by atoms with Crippen molar-refractivity contribution in [2.75, 3.05) is 18.5 Å². The molecule has 1 aromatic rings. The highest BCUT2D eigenvalue weighted by atomic mass is 32.2. The maximum absolute atomic E-state index is 5.89. The first-order valence-electron chi connectivity index (χ1n) is 7.36. The van der Waals surface area contributed by atoms with Crippen molar-refractivity contribution in [1.29, 1.82) is 0 Å². The number of thioether (sulfide) groups is 1. The third-order valence-corrected chi connectivity index (χ3v) is 6.13. The molecular weight excluding hydrogens is 252 g/mol. The fourth-order valence-corrected chi connectivity index (χ4v) is 4.64. The van der Waals surface area contributed by atoms with Crippen molar-refractivity contribution in [2.45, 2.75) is 49.9 Å². The predicted molar refractivity (Wildman–Crippen MR) is 84.3 cm³/mol. The Bertz CT molecular complexity index is 452. The molecule has 1 aromatic carbocycles. The SMILES string of the molecule is CSC1(CN2Cc3ccc(N)cc3C2)CCCCC1. The standard InChI is InChI=1S/C16H24N2S/c1-19-16(7-3-2-4-8-16)12-18-10-13-5-6-15(17)9-14(13)11-18/h5-6,9H,2-4,7-8,10-12,17H2,1H3. The van der Waals surface area contributed by atoms with E-state index in [0.717, 1.165) is 18.8 Å². The fraction of sp³-hybridized carbons (Fsp3) is 0.625. The van der Waals surface area contributed by atoms with Gasteiger partial charge in [-0.2, -0.15) is 11.8 Å². The molecule has 0 unspecified atom stereocenters. The van der Waals surface area contributed by atoms with Crippen molar-refractivity contribution in [3.63, 3.8) is 0 Å². The third-order valence-electron chi connectivity index (χ3n) is 4.73. The maximum Gasteiger partial charge on any atom is 0.0317 e. The lowest BCUT2D eigenvalue weighted by Gasteiger charge is -2.38. The normalized spacial score (nSPS) is 22.4. The molecule has 0 aromatic heterocycles. The summed E-state index contributed by atoms with van der Waals surface area (Å²) >= 11 is 2.10. The Morgan fingerprint density at radius 3 is 2.63 bits per heavy atom. The minimum absolute atomic E-state index is 0.506. The highest BCUT2D eigenvalue weighted by molar-refractivity contribution is 8.00. The van der Waals surface area contributed by atoms with Crippen LogP contribution in [0.4, 0.5) is 5.69 Å². The number of nitrogens with two attached hydrogens (primary N) is 1. The monoisotopic (exact) mass is 276 g/mol. The Morgan fingerprint density at radius 2 is 1.89 bits per heavy atom. The number of nitrogens with zero attached hydrogens (tertiary/aromatic N) is 1. The Labute approximate surface area is 120 Å². The van der Waals surface area contributed by atoms with Gasteiger partial charge in [-0.05, 0) is 42.4 Å². The molecule has 104 valence electrons. The minimum atomic E-state index is 0.506. The van der Waals surface area contributed by atoms with Crippen molar-refractivity contribution in [3.8, 4) is 0 Å². The number of fused-ring (bicyclic) bond motifs is 1. The summed E-state index contributed by atoms with van der Waals surface area (Å²) in [6.45, 7) is 3.43. The van der Waals surface area contributed by atoms with Gasteiger partial charge in [-0.25, -0.2) is 0 Å². The maximum atomic E-state index is 5.89. The number of hydrogen-bond acceptors (Lipinski definition) is 3. The Kier molecular flexibility index (Phi) is 3.77. The molecule has 0 spiro atoms. The molecule has 3 rings (SSSR count). The van der Waals surface area contributed by atoms with Crippen molar-refractivity contribution < 1.29 is 0 Å². The van der Waals surface area contributed by atoms with Gasteiger partial charge >= 0.3 is 0 Å². The van der Waals surface area contributed by atoms with Gasteiger partial charge in [0.1, 0.15) is 0 Å². The second-order valence-electron chi connectivity index (χ2n) is 6.12. The van der Waals surface area contributed by atoms with Crippen LogP contribution >= 0.6 is 11.8 Å². The summed E-state index contributed by atoms with van der Waals surface area (Å²) in [6, 6.07) is 6.40. The smallest absolute Gasteiger partial charge is 0.0317 e. The minimum Gasteiger partial charge on any atom is -0.399 e. The van der Waals surface area contributed by atoms with Crippen molar-refractivity contribution in [2.24, 2.45) is 0 Å². The van der Waals surface area contributed by atoms with E-state index in [1.54, 1.807) is 0 Å². The van der Waals surface area contributed by atoms with Gasteiger partial charge < -0.3 is 5.73 Å². The van der Waals surface area contributed by atoms with Crippen LogP contribution in [0.5, 0.6) is 0 Å². The van der Waals surface area contributed by atoms with E-state index < -0.39 is 0 Å². The average molecular weight is 276 g/mol. The van der Waals surface area contributed by atoms with Gasteiger partial charge in [0, 0.05) is 30.1 Å². The summed E-state index contributed by atoms with van der Waals surface area (Å²) in [5.41, 5.74) is 9.70. The lowest BCUT2D eigenvalue weighted by atomic mass is 9.88. The summed E-state index contributed by atoms with van der Waals surface area (Å²) in [4.78, 5) is 2.62. The molecular formula is C16H24N2S. The van der Waals surface area contributed by atoms with E-state index in [1.807, 2.05) is 6.07 Å². The molecule has 1 saturated carbocycles. The number of hydrogen-bond donors (Lipinski definition) is 1. The molecule has 1 heterocycles. The number of benzene rings is 1. The molecule has 2 aliphatic rings. The molecule has 3 heteroatoms. The lowest BCUT2D eigenvalue weighted by molar-refractivity contribution is 0.224. The fourth-order valence-electron chi connectivity index (χ4n) is 3.63. The highest BCUT2D eigenvalue weighted by Crippen LogP contribution is 2.40. The summed E-state index contributed by atoms with van der Waals surface area (Å²) in [5.74, 6) is 0. The van der Waals surface area contributed by atoms with E-state index >= 15 is 0 Å². The van der Waals surface area contributed by atoms with Crippen LogP contribution in [0.15, 0.2) is 18.2 Å². The van der Waals surface area contributed by atoms with E-state index in [4.69, 9.17) is 5.73 Å². The molecule has 19 heavy (non-hydrogen) atoms. The van der Waals surface area contributed by atoms with Crippen molar-refractivity contribution >= 4 is 17.4 Å². The third kappa shape index (κ3) is 2.77. The van der Waals surface area contributed by atoms with Gasteiger partial charge in [-0.15, -0.1) is 0 Å². The zero-order valence-corrected chi connectivity index (χ0v) is 12.6. The zero-order valence-electron chi connectivity index (χ0n) is 11.8. The van der Waals surface area contributed by atoms with Gasteiger partial charge in [-0.1, -0.05) is 25.3 Å². The quantitative estimate of drug-likeness (QED) is 0.855. The van der Waals surface area contributed by atoms with Crippen LogP contribution in [0.1, 0.15) is 43.2 Å². The van der Waals surface area contributed by atoms with Gasteiger partial charge in [0.25, 0.3) is 0 Å². The van der Waals surface area contributed by atoms with Crippen molar-refractivity contribution in [3.05, 3.63) is 29.3 Å². The van der Waals surface area contributed by atoms with Crippen LogP contribution in [-0.4, -0.2) is 22.4 Å². The Hall–Kier alpha value is -0.670. The van der Waals surface area contributed by atoms with Crippen molar-refractivity contribution in [1.82, 2.24) is 4.90 Å². The zero-order chi connectivity index (χ0) is 13.3. The van der Waals surface area contributed by atoms with Gasteiger partial charge in [0.15, 0.2) is 0 Å². The molecule has 1 aliphatic carbocycles. The average Bonchev–Trinajstić information content (AvgIpc) is 2.81. The van der Waals surface area contributed by atoms with Crippen LogP contribution in [0.25, 0.3) is 0 Å². The molecule has 2 nitrogen and oxygen atoms in total. The number of rotatable bonds is 3.